The normalized spacial score (nSPS) is 16.0. The molecule has 1 fully saturated rings. The number of rotatable bonds is 4. The molecule has 3 aromatic rings. The molecule has 0 aliphatic heterocycles. The predicted octanol–water partition coefficient (Wildman–Crippen LogP) is 10.1. The van der Waals surface area contributed by atoms with Crippen molar-refractivity contribution in [1.29, 1.82) is 21.0 Å². The van der Waals surface area contributed by atoms with Gasteiger partial charge in [0.1, 0.15) is 23.8 Å². The van der Waals surface area contributed by atoms with Crippen molar-refractivity contribution < 1.29 is 70.2 Å². The third-order valence-electron chi connectivity index (χ3n) is 7.26. The van der Waals surface area contributed by atoms with E-state index in [1.807, 2.05) is 0 Å². The third kappa shape index (κ3) is 6.06. The molecule has 0 saturated heterocycles. The van der Waals surface area contributed by atoms with Crippen LogP contribution in [0.25, 0.3) is 16.7 Å². The van der Waals surface area contributed by atoms with Gasteiger partial charge in [-0.25, -0.2) is 43.9 Å². The van der Waals surface area contributed by atoms with Gasteiger partial charge in [-0.3, -0.25) is 0 Å². The summed E-state index contributed by atoms with van der Waals surface area (Å²) in [5, 5.41) is 38.7. The zero-order valence-corrected chi connectivity index (χ0v) is 24.6. The highest BCUT2D eigenvalue weighted by Gasteiger charge is 2.48. The molecule has 4 nitrogen and oxygen atoms in total. The lowest BCUT2D eigenvalue weighted by Gasteiger charge is -2.16. The lowest BCUT2D eigenvalue weighted by Crippen LogP contribution is -2.18. The maximum absolute atomic E-state index is 15.2. The highest BCUT2D eigenvalue weighted by atomic mass is 19.4. The van der Waals surface area contributed by atoms with Gasteiger partial charge in [0.05, 0.1) is 50.6 Å². The molecule has 0 spiro atoms. The first kappa shape index (κ1) is 38.5. The van der Waals surface area contributed by atoms with Gasteiger partial charge in [-0.05, 0) is 17.7 Å². The van der Waals surface area contributed by atoms with Crippen molar-refractivity contribution in [2.75, 3.05) is 0 Å². The van der Waals surface area contributed by atoms with Gasteiger partial charge in [-0.1, -0.05) is 6.07 Å². The minimum absolute atomic E-state index is 0.0625. The van der Waals surface area contributed by atoms with Gasteiger partial charge in [0.25, 0.3) is 5.92 Å². The second-order valence-corrected chi connectivity index (χ2v) is 10.4. The molecule has 266 valence electrons. The maximum Gasteiger partial charge on any atom is 0.422 e. The highest BCUT2D eigenvalue weighted by molar-refractivity contribution is 6.12. The van der Waals surface area contributed by atoms with E-state index in [1.165, 1.54) is 6.07 Å². The van der Waals surface area contributed by atoms with Crippen LogP contribution in [0.15, 0.2) is 34.9 Å². The van der Waals surface area contributed by atoms with Crippen LogP contribution in [0.1, 0.15) is 45.9 Å². The van der Waals surface area contributed by atoms with Crippen LogP contribution in [0.4, 0.5) is 70.2 Å². The van der Waals surface area contributed by atoms with Crippen LogP contribution in [-0.4, -0.2) is 0 Å². The van der Waals surface area contributed by atoms with E-state index in [-0.39, 0.29) is 13.0 Å². The zero-order chi connectivity index (χ0) is 39.6. The minimum Gasteiger partial charge on any atom is -0.203 e. The van der Waals surface area contributed by atoms with Gasteiger partial charge < -0.3 is 0 Å². The Morgan fingerprint density at radius 1 is 0.500 bits per heavy atom. The summed E-state index contributed by atoms with van der Waals surface area (Å²) in [7, 11) is 0. The summed E-state index contributed by atoms with van der Waals surface area (Å²) in [4.78, 5) is 0. The molecule has 20 heteroatoms. The molecule has 1 aliphatic rings. The molecule has 1 aliphatic carbocycles. The van der Waals surface area contributed by atoms with E-state index in [0.29, 0.717) is 12.1 Å². The summed E-state index contributed by atoms with van der Waals surface area (Å²) in [5.41, 5.74) is -23.2. The smallest absolute Gasteiger partial charge is 0.203 e. The summed E-state index contributed by atoms with van der Waals surface area (Å²) in [6, 6.07) is 5.22. The molecule has 0 heterocycles. The average Bonchev–Trinajstić information content (AvgIpc) is 3.75. The maximum atomic E-state index is 15.2. The molecule has 1 saturated carbocycles. The molecular weight excluding hydrogens is 744 g/mol. The number of benzene rings is 3. The molecule has 0 N–H and O–H groups in total. The second-order valence-electron chi connectivity index (χ2n) is 10.4. The molecule has 0 unspecified atom stereocenters. The number of hydrogen-bond acceptors (Lipinski definition) is 4. The predicted molar refractivity (Wildman–Crippen MR) is 141 cm³/mol. The van der Waals surface area contributed by atoms with Gasteiger partial charge in [-0.15, -0.1) is 0 Å². The largest absolute Gasteiger partial charge is 0.422 e. The van der Waals surface area contributed by atoms with Crippen molar-refractivity contribution in [2.45, 2.75) is 25.2 Å². The first-order valence-corrected chi connectivity index (χ1v) is 13.2. The zero-order valence-electron chi connectivity index (χ0n) is 24.6. The third-order valence-corrected chi connectivity index (χ3v) is 7.26. The van der Waals surface area contributed by atoms with Crippen molar-refractivity contribution in [3.63, 3.8) is 0 Å². The number of hydrogen-bond donors (Lipinski definition) is 0. The number of allylic oxidation sites excluding steroid dienone is 6. The molecular formula is C32H6F16N4. The van der Waals surface area contributed by atoms with E-state index >= 15 is 17.6 Å². The lowest BCUT2D eigenvalue weighted by molar-refractivity contribution is -0.143. The molecule has 0 atom stereocenters. The number of nitrogens with zero attached hydrogens (tertiary/aromatic N) is 4. The Morgan fingerprint density at radius 3 is 1.17 bits per heavy atom. The Balaban J connectivity index is 2.32. The molecule has 0 bridgehead atoms. The van der Waals surface area contributed by atoms with E-state index in [1.54, 1.807) is 0 Å². The highest BCUT2D eigenvalue weighted by Crippen LogP contribution is 2.57. The number of alkyl halides is 8. The minimum atomic E-state index is -6.12. The van der Waals surface area contributed by atoms with Crippen molar-refractivity contribution >= 4 is 16.7 Å². The quantitative estimate of drug-likeness (QED) is 0.151. The topological polar surface area (TPSA) is 95.2 Å². The molecule has 0 aromatic heterocycles. The van der Waals surface area contributed by atoms with E-state index in [2.05, 4.69) is 0 Å². The first-order valence-electron chi connectivity index (χ1n) is 13.2. The van der Waals surface area contributed by atoms with E-state index < -0.39 is 137 Å². The first-order chi connectivity index (χ1) is 23.9. The van der Waals surface area contributed by atoms with Crippen LogP contribution >= 0.6 is 0 Å². The number of nitriles is 4. The fourth-order valence-electron chi connectivity index (χ4n) is 5.04. The van der Waals surface area contributed by atoms with Gasteiger partial charge in [-0.2, -0.15) is 47.4 Å². The van der Waals surface area contributed by atoms with Gasteiger partial charge in [0, 0.05) is 23.6 Å². The van der Waals surface area contributed by atoms with Crippen LogP contribution in [0.5, 0.6) is 0 Å². The fraction of sp³-hybridized carbons (Fsp3) is 0.125. The Kier molecular flexibility index (Phi) is 9.48. The van der Waals surface area contributed by atoms with E-state index in [9.17, 15) is 68.5 Å². The van der Waals surface area contributed by atoms with Gasteiger partial charge in [0.2, 0.25) is 0 Å². The Hall–Kier alpha value is -6.28. The van der Waals surface area contributed by atoms with E-state index in [4.69, 9.17) is 5.26 Å². The van der Waals surface area contributed by atoms with Gasteiger partial charge in [0.15, 0.2) is 46.5 Å². The lowest BCUT2D eigenvalue weighted by atomic mass is 9.97. The summed E-state index contributed by atoms with van der Waals surface area (Å²) < 4.78 is 228. The standard InChI is InChI=1S/C32H6F16N4/c1-30(41,42)20-26(37)22(33)18(23(34)27(20)38)12(7-51)16-15(11(6-50)9-2-3-10(5-49)14(4-9)31(43,44)45)17(16)13(8-52)19-24(35)28(39)21(32(46,47)48)29(40)25(19)36/h2-4H,1H3. The Bertz CT molecular complexity index is 2200. The van der Waals surface area contributed by atoms with Crippen molar-refractivity contribution in [3.05, 3.63) is 120 Å². The van der Waals surface area contributed by atoms with Crippen molar-refractivity contribution in [3.8, 4) is 24.3 Å². The average molecular weight is 750 g/mol. The van der Waals surface area contributed by atoms with Crippen LogP contribution in [0.3, 0.4) is 0 Å². The van der Waals surface area contributed by atoms with E-state index in [0.717, 1.165) is 18.2 Å². The Morgan fingerprint density at radius 2 is 0.865 bits per heavy atom. The Labute approximate surface area is 278 Å². The van der Waals surface area contributed by atoms with Crippen LogP contribution in [0.2, 0.25) is 0 Å². The molecule has 52 heavy (non-hydrogen) atoms. The molecule has 3 aromatic carbocycles. The van der Waals surface area contributed by atoms with Crippen molar-refractivity contribution in [2.24, 2.45) is 0 Å². The second kappa shape index (κ2) is 12.8. The summed E-state index contributed by atoms with van der Waals surface area (Å²) in [6.07, 6.45) is -11.5. The monoisotopic (exact) mass is 750 g/mol. The summed E-state index contributed by atoms with van der Waals surface area (Å²) >= 11 is 0. The summed E-state index contributed by atoms with van der Waals surface area (Å²) in [6.45, 7) is -0.212. The van der Waals surface area contributed by atoms with Crippen molar-refractivity contribution in [1.82, 2.24) is 0 Å². The molecule has 0 radical (unpaired) electrons. The van der Waals surface area contributed by atoms with Crippen LogP contribution in [-0.2, 0) is 18.3 Å². The molecule has 0 amide bonds. The molecule has 4 rings (SSSR count). The SMILES string of the molecule is CC(F)(F)c1c(F)c(F)c(C(C#N)=C2C(=C(C#N)c3ccc(C#N)c(C(F)(F)F)c3)C2=C(C#N)c2c(F)c(F)c(C(F)(F)F)c(F)c2F)c(F)c1F. The van der Waals surface area contributed by atoms with Crippen LogP contribution < -0.4 is 0 Å². The fourth-order valence-corrected chi connectivity index (χ4v) is 5.04. The summed E-state index contributed by atoms with van der Waals surface area (Å²) in [5.74, 6) is -28.2. The van der Waals surface area contributed by atoms with Gasteiger partial charge >= 0.3 is 12.4 Å². The number of halogens is 16. The van der Waals surface area contributed by atoms with Crippen LogP contribution in [0, 0.1) is 91.9 Å².